The number of amides is 2. The first-order chi connectivity index (χ1) is 16.0. The Morgan fingerprint density at radius 1 is 1.06 bits per heavy atom. The second kappa shape index (κ2) is 10.1. The van der Waals surface area contributed by atoms with Crippen molar-refractivity contribution in [2.24, 2.45) is 5.92 Å². The van der Waals surface area contributed by atoms with Gasteiger partial charge in [-0.15, -0.1) is 0 Å². The van der Waals surface area contributed by atoms with Crippen LogP contribution in [-0.2, 0) is 14.3 Å². The van der Waals surface area contributed by atoms with Crippen LogP contribution in [0.5, 0.6) is 0 Å². The minimum absolute atomic E-state index is 0.0104. The highest BCUT2D eigenvalue weighted by Gasteiger charge is 2.38. The predicted octanol–water partition coefficient (Wildman–Crippen LogP) is 4.06. The zero-order valence-corrected chi connectivity index (χ0v) is 18.8. The summed E-state index contributed by atoms with van der Waals surface area (Å²) < 4.78 is 5.53. The summed E-state index contributed by atoms with van der Waals surface area (Å²) in [5.74, 6) is -0.991. The molecule has 2 amide bonds. The van der Waals surface area contributed by atoms with Crippen LogP contribution in [0.2, 0.25) is 0 Å². The van der Waals surface area contributed by atoms with E-state index in [-0.39, 0.29) is 37.3 Å². The van der Waals surface area contributed by atoms with E-state index >= 15 is 0 Å². The van der Waals surface area contributed by atoms with Crippen LogP contribution in [0.15, 0.2) is 48.5 Å². The van der Waals surface area contributed by atoms with Crippen molar-refractivity contribution >= 4 is 18.0 Å². The molecule has 0 bridgehead atoms. The molecule has 2 aliphatic rings. The van der Waals surface area contributed by atoms with Crippen LogP contribution in [0.4, 0.5) is 4.79 Å². The average molecular weight is 451 g/mol. The summed E-state index contributed by atoms with van der Waals surface area (Å²) in [6.45, 7) is 2.24. The van der Waals surface area contributed by atoms with Crippen molar-refractivity contribution in [3.8, 4) is 11.1 Å². The first kappa shape index (κ1) is 22.8. The maximum Gasteiger partial charge on any atom is 0.407 e. The standard InChI is InChI=1S/C26H30N2O5/c1-2-7-16-14-23(16)27-25(31)22(12-13-24(29)30)28-26(32)33-15-21-19-10-5-3-8-17(19)18-9-4-6-11-20(18)21/h3-6,8-11,16,21-23H,2,7,12-15H2,1H3,(H,27,31)(H,28,32)(H,29,30). The third-order valence-corrected chi connectivity index (χ3v) is 6.51. The van der Waals surface area contributed by atoms with Crippen LogP contribution in [-0.4, -0.2) is 41.8 Å². The number of carboxylic acids is 1. The number of carbonyl (C=O) groups excluding carboxylic acids is 2. The maximum atomic E-state index is 12.7. The third-order valence-electron chi connectivity index (χ3n) is 6.51. The molecule has 1 saturated carbocycles. The van der Waals surface area contributed by atoms with E-state index in [1.807, 2.05) is 36.4 Å². The number of rotatable bonds is 10. The molecule has 0 heterocycles. The maximum absolute atomic E-state index is 12.7. The Hall–Kier alpha value is -3.35. The zero-order valence-electron chi connectivity index (χ0n) is 18.8. The molecule has 7 heteroatoms. The minimum Gasteiger partial charge on any atom is -0.481 e. The van der Waals surface area contributed by atoms with Gasteiger partial charge in [-0.1, -0.05) is 61.9 Å². The van der Waals surface area contributed by atoms with Crippen molar-refractivity contribution < 1.29 is 24.2 Å². The van der Waals surface area contributed by atoms with Gasteiger partial charge in [-0.2, -0.15) is 0 Å². The molecular weight excluding hydrogens is 420 g/mol. The van der Waals surface area contributed by atoms with Gasteiger partial charge < -0.3 is 20.5 Å². The quantitative estimate of drug-likeness (QED) is 0.506. The number of fused-ring (bicyclic) bond motifs is 3. The second-order valence-electron chi connectivity index (χ2n) is 8.85. The van der Waals surface area contributed by atoms with E-state index in [0.29, 0.717) is 5.92 Å². The summed E-state index contributed by atoms with van der Waals surface area (Å²) in [5, 5.41) is 14.6. The van der Waals surface area contributed by atoms with Crippen LogP contribution >= 0.6 is 0 Å². The number of carbonyl (C=O) groups is 3. The summed E-state index contributed by atoms with van der Waals surface area (Å²) in [4.78, 5) is 36.3. The molecule has 2 aromatic rings. The van der Waals surface area contributed by atoms with Crippen LogP contribution in [0.1, 0.15) is 56.1 Å². The molecule has 7 nitrogen and oxygen atoms in total. The highest BCUT2D eigenvalue weighted by Crippen LogP contribution is 2.44. The number of nitrogens with one attached hydrogen (secondary N) is 2. The van der Waals surface area contributed by atoms with Gasteiger partial charge in [0.05, 0.1) is 0 Å². The van der Waals surface area contributed by atoms with Gasteiger partial charge in [0.1, 0.15) is 12.6 Å². The highest BCUT2D eigenvalue weighted by molar-refractivity contribution is 5.86. The highest BCUT2D eigenvalue weighted by atomic mass is 16.5. The third kappa shape index (κ3) is 5.35. The summed E-state index contributed by atoms with van der Waals surface area (Å²) in [5.41, 5.74) is 4.46. The molecule has 1 fully saturated rings. The number of hydrogen-bond donors (Lipinski definition) is 3. The zero-order chi connectivity index (χ0) is 23.4. The number of aliphatic carboxylic acids is 1. The van der Waals surface area contributed by atoms with Crippen molar-refractivity contribution in [3.63, 3.8) is 0 Å². The molecule has 3 N–H and O–H groups in total. The Balaban J connectivity index is 1.37. The summed E-state index contributed by atoms with van der Waals surface area (Å²) in [6.07, 6.45) is 2.10. The number of alkyl carbamates (subject to hydrolysis) is 1. The fourth-order valence-corrected chi connectivity index (χ4v) is 4.72. The fourth-order valence-electron chi connectivity index (χ4n) is 4.72. The number of carboxylic acid groups (broad SMARTS) is 1. The summed E-state index contributed by atoms with van der Waals surface area (Å²) in [6, 6.07) is 15.3. The molecule has 0 spiro atoms. The lowest BCUT2D eigenvalue weighted by Crippen LogP contribution is -2.48. The average Bonchev–Trinajstić information content (AvgIpc) is 3.45. The van der Waals surface area contributed by atoms with Crippen molar-refractivity contribution in [2.75, 3.05) is 6.61 Å². The molecule has 0 aromatic heterocycles. The second-order valence-corrected chi connectivity index (χ2v) is 8.85. The Morgan fingerprint density at radius 3 is 2.30 bits per heavy atom. The molecule has 174 valence electrons. The SMILES string of the molecule is CCCC1CC1NC(=O)C(CCC(=O)O)NC(=O)OCC1c2ccccc2-c2ccccc21. The molecule has 3 unspecified atom stereocenters. The van der Waals surface area contributed by atoms with E-state index in [0.717, 1.165) is 41.5 Å². The van der Waals surface area contributed by atoms with E-state index in [9.17, 15) is 14.4 Å². The van der Waals surface area contributed by atoms with E-state index in [1.165, 1.54) is 0 Å². The minimum atomic E-state index is -1.02. The molecule has 4 rings (SSSR count). The Labute approximate surface area is 193 Å². The first-order valence-electron chi connectivity index (χ1n) is 11.6. The van der Waals surface area contributed by atoms with Gasteiger partial charge in [0.2, 0.25) is 5.91 Å². The smallest absolute Gasteiger partial charge is 0.407 e. The Kier molecular flexibility index (Phi) is 6.96. The number of hydrogen-bond acceptors (Lipinski definition) is 4. The van der Waals surface area contributed by atoms with Crippen LogP contribution < -0.4 is 10.6 Å². The van der Waals surface area contributed by atoms with Gasteiger partial charge in [0.15, 0.2) is 0 Å². The molecule has 0 radical (unpaired) electrons. The Morgan fingerprint density at radius 2 is 1.70 bits per heavy atom. The van der Waals surface area contributed by atoms with Crippen molar-refractivity contribution in [2.45, 2.75) is 57.0 Å². The number of ether oxygens (including phenoxy) is 1. The molecule has 2 aliphatic carbocycles. The topological polar surface area (TPSA) is 105 Å². The molecule has 3 atom stereocenters. The molecule has 33 heavy (non-hydrogen) atoms. The molecular formula is C26H30N2O5. The lowest BCUT2D eigenvalue weighted by atomic mass is 9.98. The summed E-state index contributed by atoms with van der Waals surface area (Å²) in [7, 11) is 0. The monoisotopic (exact) mass is 450 g/mol. The van der Waals surface area contributed by atoms with Gasteiger partial charge >= 0.3 is 12.1 Å². The van der Waals surface area contributed by atoms with Gasteiger partial charge in [-0.3, -0.25) is 9.59 Å². The lowest BCUT2D eigenvalue weighted by Gasteiger charge is -2.19. The molecule has 0 aliphatic heterocycles. The van der Waals surface area contributed by atoms with Crippen LogP contribution in [0, 0.1) is 5.92 Å². The van der Waals surface area contributed by atoms with Gasteiger partial charge in [0, 0.05) is 18.4 Å². The normalized spacial score (nSPS) is 19.2. The van der Waals surface area contributed by atoms with Crippen LogP contribution in [0.25, 0.3) is 11.1 Å². The largest absolute Gasteiger partial charge is 0.481 e. The molecule has 2 aromatic carbocycles. The van der Waals surface area contributed by atoms with E-state index < -0.39 is 18.1 Å². The van der Waals surface area contributed by atoms with E-state index in [1.54, 1.807) is 0 Å². The van der Waals surface area contributed by atoms with Gasteiger partial charge in [0.25, 0.3) is 0 Å². The predicted molar refractivity (Wildman–Crippen MR) is 124 cm³/mol. The summed E-state index contributed by atoms with van der Waals surface area (Å²) >= 11 is 0. The lowest BCUT2D eigenvalue weighted by molar-refractivity contribution is -0.137. The first-order valence-corrected chi connectivity index (χ1v) is 11.6. The van der Waals surface area contributed by atoms with Crippen LogP contribution in [0.3, 0.4) is 0 Å². The van der Waals surface area contributed by atoms with Crippen molar-refractivity contribution in [3.05, 3.63) is 59.7 Å². The van der Waals surface area contributed by atoms with E-state index in [2.05, 4.69) is 29.7 Å². The Bertz CT molecular complexity index is 991. The van der Waals surface area contributed by atoms with E-state index in [4.69, 9.17) is 9.84 Å². The fraction of sp³-hybridized carbons (Fsp3) is 0.423. The molecule has 0 saturated heterocycles. The van der Waals surface area contributed by atoms with Gasteiger partial charge in [-0.05, 0) is 47.4 Å². The van der Waals surface area contributed by atoms with Gasteiger partial charge in [-0.25, -0.2) is 4.79 Å². The van der Waals surface area contributed by atoms with Crippen molar-refractivity contribution in [1.29, 1.82) is 0 Å². The number of benzene rings is 2. The van der Waals surface area contributed by atoms with Crippen molar-refractivity contribution in [1.82, 2.24) is 10.6 Å².